The minimum Gasteiger partial charge on any atom is -0.341 e. The molecule has 17 heavy (non-hydrogen) atoms. The van der Waals surface area contributed by atoms with Crippen LogP contribution in [0, 0.1) is 5.92 Å². The standard InChI is InChI=1S/C11H20N2O3S/c14-11-7-12-4-2-5-13(11)8-10-3-1-6-17(15,16)9-10/h10,12H,1-9H2. The molecule has 2 aliphatic rings. The van der Waals surface area contributed by atoms with E-state index in [1.807, 2.05) is 4.90 Å². The van der Waals surface area contributed by atoms with Gasteiger partial charge in [0.05, 0.1) is 18.1 Å². The molecule has 1 N–H and O–H groups in total. The minimum atomic E-state index is -2.86. The van der Waals surface area contributed by atoms with Crippen LogP contribution in [0.2, 0.25) is 0 Å². The van der Waals surface area contributed by atoms with Gasteiger partial charge in [-0.05, 0) is 31.7 Å². The number of nitrogens with zero attached hydrogens (tertiary/aromatic N) is 1. The van der Waals surface area contributed by atoms with Gasteiger partial charge in [-0.25, -0.2) is 8.42 Å². The lowest BCUT2D eigenvalue weighted by atomic mass is 10.0. The van der Waals surface area contributed by atoms with Crippen LogP contribution in [0.4, 0.5) is 0 Å². The van der Waals surface area contributed by atoms with E-state index in [-0.39, 0.29) is 17.6 Å². The first-order valence-corrected chi connectivity index (χ1v) is 8.08. The quantitative estimate of drug-likeness (QED) is 0.736. The second kappa shape index (κ2) is 5.35. The van der Waals surface area contributed by atoms with Gasteiger partial charge >= 0.3 is 0 Å². The summed E-state index contributed by atoms with van der Waals surface area (Å²) in [7, 11) is -2.86. The van der Waals surface area contributed by atoms with Gasteiger partial charge in [0.1, 0.15) is 0 Å². The third kappa shape index (κ3) is 3.67. The molecule has 5 nitrogen and oxygen atoms in total. The Morgan fingerprint density at radius 2 is 2.18 bits per heavy atom. The second-order valence-electron chi connectivity index (χ2n) is 4.99. The normalized spacial score (nSPS) is 30.0. The molecule has 1 atom stereocenters. The highest BCUT2D eigenvalue weighted by Gasteiger charge is 2.28. The van der Waals surface area contributed by atoms with E-state index in [0.717, 1.165) is 32.4 Å². The maximum Gasteiger partial charge on any atom is 0.236 e. The molecule has 2 fully saturated rings. The molecular formula is C11H20N2O3S. The van der Waals surface area contributed by atoms with Gasteiger partial charge in [0.2, 0.25) is 5.91 Å². The summed E-state index contributed by atoms with van der Waals surface area (Å²) in [4.78, 5) is 13.6. The zero-order valence-electron chi connectivity index (χ0n) is 10.0. The first-order chi connectivity index (χ1) is 8.07. The summed E-state index contributed by atoms with van der Waals surface area (Å²) >= 11 is 0. The van der Waals surface area contributed by atoms with Crippen molar-refractivity contribution >= 4 is 15.7 Å². The Morgan fingerprint density at radius 1 is 1.35 bits per heavy atom. The molecule has 0 spiro atoms. The third-order valence-corrected chi connectivity index (χ3v) is 5.34. The fraction of sp³-hybridized carbons (Fsp3) is 0.909. The van der Waals surface area contributed by atoms with Crippen LogP contribution in [0.3, 0.4) is 0 Å². The zero-order valence-corrected chi connectivity index (χ0v) is 10.8. The van der Waals surface area contributed by atoms with E-state index >= 15 is 0 Å². The first kappa shape index (κ1) is 12.8. The summed E-state index contributed by atoms with van der Waals surface area (Å²) in [6, 6.07) is 0. The van der Waals surface area contributed by atoms with Crippen molar-refractivity contribution < 1.29 is 13.2 Å². The largest absolute Gasteiger partial charge is 0.341 e. The molecule has 1 amide bonds. The van der Waals surface area contributed by atoms with Crippen molar-refractivity contribution in [3.63, 3.8) is 0 Å². The van der Waals surface area contributed by atoms with E-state index in [2.05, 4.69) is 5.32 Å². The van der Waals surface area contributed by atoms with Gasteiger partial charge in [0, 0.05) is 13.1 Å². The summed E-state index contributed by atoms with van der Waals surface area (Å²) in [5.74, 6) is 0.810. The van der Waals surface area contributed by atoms with Crippen molar-refractivity contribution in [1.29, 1.82) is 0 Å². The molecular weight excluding hydrogens is 240 g/mol. The van der Waals surface area contributed by atoms with E-state index < -0.39 is 9.84 Å². The lowest BCUT2D eigenvalue weighted by molar-refractivity contribution is -0.130. The number of amides is 1. The van der Waals surface area contributed by atoms with Crippen LogP contribution in [-0.2, 0) is 14.6 Å². The first-order valence-electron chi connectivity index (χ1n) is 6.26. The SMILES string of the molecule is O=C1CNCCCN1CC1CCCS(=O)(=O)C1. The highest BCUT2D eigenvalue weighted by atomic mass is 32.2. The van der Waals surface area contributed by atoms with E-state index in [4.69, 9.17) is 0 Å². The predicted octanol–water partition coefficient (Wildman–Crippen LogP) is -0.367. The third-order valence-electron chi connectivity index (χ3n) is 3.45. The van der Waals surface area contributed by atoms with Crippen LogP contribution < -0.4 is 5.32 Å². The van der Waals surface area contributed by atoms with Gasteiger partial charge in [-0.3, -0.25) is 4.79 Å². The van der Waals surface area contributed by atoms with Crippen molar-refractivity contribution in [2.45, 2.75) is 19.3 Å². The van der Waals surface area contributed by atoms with Gasteiger partial charge in [-0.2, -0.15) is 0 Å². The smallest absolute Gasteiger partial charge is 0.236 e. The Balaban J connectivity index is 1.93. The summed E-state index contributed by atoms with van der Waals surface area (Å²) in [6.45, 7) is 2.62. The molecule has 0 aromatic rings. The van der Waals surface area contributed by atoms with Crippen molar-refractivity contribution in [2.75, 3.05) is 37.7 Å². The Kier molecular flexibility index (Phi) is 4.04. The molecule has 2 aliphatic heterocycles. The maximum atomic E-state index is 11.8. The lowest BCUT2D eigenvalue weighted by Gasteiger charge is -2.28. The molecule has 2 saturated heterocycles. The average Bonchev–Trinajstić information content (AvgIpc) is 2.43. The summed E-state index contributed by atoms with van der Waals surface area (Å²) in [5, 5.41) is 3.07. The van der Waals surface area contributed by atoms with E-state index in [9.17, 15) is 13.2 Å². The van der Waals surface area contributed by atoms with Gasteiger partial charge < -0.3 is 10.2 Å². The van der Waals surface area contributed by atoms with Crippen LogP contribution >= 0.6 is 0 Å². The zero-order chi connectivity index (χ0) is 12.3. The summed E-state index contributed by atoms with van der Waals surface area (Å²) in [6.07, 6.45) is 2.62. The Morgan fingerprint density at radius 3 is 2.94 bits per heavy atom. The molecule has 6 heteroatoms. The molecule has 0 aromatic heterocycles. The highest BCUT2D eigenvalue weighted by Crippen LogP contribution is 2.19. The minimum absolute atomic E-state index is 0.102. The van der Waals surface area contributed by atoms with E-state index in [0.29, 0.717) is 18.8 Å². The van der Waals surface area contributed by atoms with Crippen LogP contribution in [0.15, 0.2) is 0 Å². The fourth-order valence-corrected chi connectivity index (χ4v) is 4.36. The Hall–Kier alpha value is -0.620. The van der Waals surface area contributed by atoms with Crippen molar-refractivity contribution in [1.82, 2.24) is 10.2 Å². The number of rotatable bonds is 2. The van der Waals surface area contributed by atoms with E-state index in [1.54, 1.807) is 0 Å². The second-order valence-corrected chi connectivity index (χ2v) is 7.22. The van der Waals surface area contributed by atoms with Gasteiger partial charge in [0.25, 0.3) is 0 Å². The highest BCUT2D eigenvalue weighted by molar-refractivity contribution is 7.91. The number of hydrogen-bond donors (Lipinski definition) is 1. The molecule has 0 aromatic carbocycles. The van der Waals surface area contributed by atoms with Crippen LogP contribution in [-0.4, -0.2) is 56.9 Å². The fourth-order valence-electron chi connectivity index (χ4n) is 2.59. The molecule has 2 heterocycles. The maximum absolute atomic E-state index is 11.8. The van der Waals surface area contributed by atoms with Gasteiger partial charge in [0.15, 0.2) is 9.84 Å². The van der Waals surface area contributed by atoms with Crippen LogP contribution in [0.25, 0.3) is 0 Å². The number of sulfone groups is 1. The molecule has 2 rings (SSSR count). The summed E-state index contributed by atoms with van der Waals surface area (Å²) in [5.41, 5.74) is 0. The number of carbonyl (C=O) groups excluding carboxylic acids is 1. The van der Waals surface area contributed by atoms with Crippen molar-refractivity contribution in [3.8, 4) is 0 Å². The average molecular weight is 260 g/mol. The number of hydrogen-bond acceptors (Lipinski definition) is 4. The van der Waals surface area contributed by atoms with E-state index in [1.165, 1.54) is 0 Å². The monoisotopic (exact) mass is 260 g/mol. The van der Waals surface area contributed by atoms with Crippen LogP contribution in [0.1, 0.15) is 19.3 Å². The van der Waals surface area contributed by atoms with Crippen molar-refractivity contribution in [2.24, 2.45) is 5.92 Å². The molecule has 0 bridgehead atoms. The van der Waals surface area contributed by atoms with Gasteiger partial charge in [-0.1, -0.05) is 0 Å². The number of nitrogens with one attached hydrogen (secondary N) is 1. The lowest BCUT2D eigenvalue weighted by Crippen LogP contribution is -2.41. The predicted molar refractivity (Wildman–Crippen MR) is 65.4 cm³/mol. The molecule has 0 aliphatic carbocycles. The molecule has 0 saturated carbocycles. The Labute approximate surface area is 102 Å². The Bertz CT molecular complexity index is 380. The van der Waals surface area contributed by atoms with Crippen molar-refractivity contribution in [3.05, 3.63) is 0 Å². The topological polar surface area (TPSA) is 66.5 Å². The van der Waals surface area contributed by atoms with Gasteiger partial charge in [-0.15, -0.1) is 0 Å². The number of carbonyl (C=O) groups is 1. The molecule has 0 radical (unpaired) electrons. The molecule has 1 unspecified atom stereocenters. The molecule has 98 valence electrons. The summed E-state index contributed by atoms with van der Waals surface area (Å²) < 4.78 is 23.1. The van der Waals surface area contributed by atoms with Crippen LogP contribution in [0.5, 0.6) is 0 Å².